The summed E-state index contributed by atoms with van der Waals surface area (Å²) in [5.74, 6) is 2.14. The second-order valence-corrected chi connectivity index (χ2v) is 20.0. The van der Waals surface area contributed by atoms with E-state index in [4.69, 9.17) is 39.9 Å². The molecule has 4 saturated heterocycles. The zero-order valence-corrected chi connectivity index (χ0v) is 39.1. The Morgan fingerprint density at radius 3 is 2.47 bits per heavy atom. The fourth-order valence-electron chi connectivity index (χ4n) is 12.4. The standard InChI is InChI=1S/C56H52F3N7O4/c1-4-39-41(58)21-19-35-25-37(60-49(33-13-7-5-8-14-33)34-15-9-6-10-16-34)26-40(46(35)39)50-48(59)51-47-42(61-50)17-11-18-43-44-22-20-38(65(44)30-45-52(32(2)3)70-55(67)69-45)29-66(43)53(47)63-54(62-51)68-31-56-23-12-24-64(56)28-36(57)27-56/h1,5-10,13-16,19,21,25-26,32,36,38,43-44H,11-12,17-18,20,22-24,27-31H2,2-3H3/t36-,38-,43-,44+,56+/m1/s1. The van der Waals surface area contributed by atoms with Crippen molar-refractivity contribution in [3.8, 4) is 29.6 Å². The zero-order valence-electron chi connectivity index (χ0n) is 39.1. The predicted octanol–water partition coefficient (Wildman–Crippen LogP) is 10.5. The molecule has 2 bridgehead atoms. The van der Waals surface area contributed by atoms with Crippen molar-refractivity contribution in [2.75, 3.05) is 31.1 Å². The van der Waals surface area contributed by atoms with E-state index in [1.807, 2.05) is 80.6 Å². The first kappa shape index (κ1) is 44.4. The van der Waals surface area contributed by atoms with Crippen LogP contribution in [0.4, 0.5) is 24.7 Å². The molecule has 0 saturated carbocycles. The van der Waals surface area contributed by atoms with Crippen LogP contribution < -0.4 is 15.5 Å². The highest BCUT2D eigenvalue weighted by atomic mass is 19.1. The van der Waals surface area contributed by atoms with Crippen LogP contribution in [0.2, 0.25) is 0 Å². The molecule has 0 radical (unpaired) electrons. The van der Waals surface area contributed by atoms with E-state index >= 15 is 13.2 Å². The molecular formula is C56H52F3N7O4. The van der Waals surface area contributed by atoms with Crippen LogP contribution in [0, 0.1) is 24.0 Å². The molecule has 0 amide bonds. The number of piperazine rings is 1. The Kier molecular flexibility index (Phi) is 11.1. The molecule has 0 spiro atoms. The number of benzene rings is 4. The molecule has 356 valence electrons. The Morgan fingerprint density at radius 1 is 0.929 bits per heavy atom. The third-order valence-corrected chi connectivity index (χ3v) is 15.5. The van der Waals surface area contributed by atoms with Gasteiger partial charge in [0.1, 0.15) is 35.6 Å². The minimum Gasteiger partial charge on any atom is -0.461 e. The monoisotopic (exact) mass is 943 g/mol. The van der Waals surface area contributed by atoms with Gasteiger partial charge in [-0.25, -0.2) is 27.9 Å². The largest absolute Gasteiger partial charge is 0.519 e. The lowest BCUT2D eigenvalue weighted by Crippen LogP contribution is -2.60. The van der Waals surface area contributed by atoms with Gasteiger partial charge in [-0.1, -0.05) is 86.5 Å². The highest BCUT2D eigenvalue weighted by molar-refractivity contribution is 6.14. The number of terminal acetylenes is 1. The van der Waals surface area contributed by atoms with Crippen molar-refractivity contribution in [2.45, 2.75) is 108 Å². The number of aryl methyl sites for hydroxylation is 1. The second-order valence-electron chi connectivity index (χ2n) is 20.0. The summed E-state index contributed by atoms with van der Waals surface area (Å²) in [4.78, 5) is 39.8. The van der Waals surface area contributed by atoms with Crippen LogP contribution >= 0.6 is 0 Å². The lowest BCUT2D eigenvalue weighted by molar-refractivity contribution is 0.106. The van der Waals surface area contributed by atoms with E-state index in [9.17, 15) is 4.79 Å². The van der Waals surface area contributed by atoms with E-state index in [0.717, 1.165) is 49.8 Å². The van der Waals surface area contributed by atoms with E-state index in [-0.39, 0.29) is 59.0 Å². The van der Waals surface area contributed by atoms with Crippen LogP contribution in [-0.2, 0) is 13.0 Å². The van der Waals surface area contributed by atoms with Crippen LogP contribution in [0.1, 0.15) is 98.6 Å². The van der Waals surface area contributed by atoms with Gasteiger partial charge in [-0.05, 0) is 75.1 Å². The molecule has 7 aromatic rings. The number of ether oxygens (including phenoxy) is 1. The van der Waals surface area contributed by atoms with Gasteiger partial charge in [0.2, 0.25) is 0 Å². The number of hydrogen-bond acceptors (Lipinski definition) is 11. The van der Waals surface area contributed by atoms with Gasteiger partial charge in [0, 0.05) is 65.6 Å². The minimum atomic E-state index is -0.966. The molecule has 3 aromatic heterocycles. The van der Waals surface area contributed by atoms with Gasteiger partial charge in [0.05, 0.1) is 40.1 Å². The van der Waals surface area contributed by atoms with Crippen molar-refractivity contribution in [1.82, 2.24) is 24.8 Å². The van der Waals surface area contributed by atoms with Gasteiger partial charge in [0.15, 0.2) is 17.3 Å². The quantitative estimate of drug-likeness (QED) is 0.0970. The van der Waals surface area contributed by atoms with Crippen LogP contribution in [0.3, 0.4) is 0 Å². The Balaban J connectivity index is 1.03. The summed E-state index contributed by atoms with van der Waals surface area (Å²) in [6.07, 6.45) is 10.9. The third kappa shape index (κ3) is 7.56. The third-order valence-electron chi connectivity index (χ3n) is 15.5. The van der Waals surface area contributed by atoms with E-state index in [0.29, 0.717) is 89.5 Å². The molecule has 5 atom stereocenters. The van der Waals surface area contributed by atoms with E-state index < -0.39 is 29.2 Å². The molecule has 12 rings (SSSR count). The first-order chi connectivity index (χ1) is 34.1. The summed E-state index contributed by atoms with van der Waals surface area (Å²) < 4.78 is 67.0. The number of pyridine rings is 1. The molecule has 8 heterocycles. The van der Waals surface area contributed by atoms with E-state index in [1.165, 1.54) is 6.07 Å². The van der Waals surface area contributed by atoms with Gasteiger partial charge in [0.25, 0.3) is 0 Å². The Morgan fingerprint density at radius 2 is 1.71 bits per heavy atom. The molecule has 4 fully saturated rings. The molecule has 0 aliphatic carbocycles. The minimum absolute atomic E-state index is 0.00203. The number of fused-ring (bicyclic) bond motifs is 7. The van der Waals surface area contributed by atoms with Crippen LogP contribution in [0.5, 0.6) is 6.01 Å². The highest BCUT2D eigenvalue weighted by Gasteiger charge is 2.51. The number of halogens is 3. The zero-order chi connectivity index (χ0) is 47.8. The lowest BCUT2D eigenvalue weighted by atomic mass is 9.91. The summed E-state index contributed by atoms with van der Waals surface area (Å²) in [7, 11) is 0. The molecule has 14 heteroatoms. The normalized spacial score (nSPS) is 23.1. The van der Waals surface area contributed by atoms with Crippen molar-refractivity contribution in [3.05, 3.63) is 141 Å². The van der Waals surface area contributed by atoms with Crippen molar-refractivity contribution in [3.63, 3.8) is 0 Å². The molecule has 0 N–H and O–H groups in total. The topological polar surface area (TPSA) is 113 Å². The summed E-state index contributed by atoms with van der Waals surface area (Å²) >= 11 is 0. The summed E-state index contributed by atoms with van der Waals surface area (Å²) in [5.41, 5.74) is 3.30. The molecule has 4 aromatic carbocycles. The number of nitrogens with zero attached hydrogens (tertiary/aromatic N) is 7. The van der Waals surface area contributed by atoms with Crippen molar-refractivity contribution < 1.29 is 26.7 Å². The lowest BCUT2D eigenvalue weighted by Gasteiger charge is -2.48. The van der Waals surface area contributed by atoms with Gasteiger partial charge < -0.3 is 18.5 Å². The van der Waals surface area contributed by atoms with E-state index in [1.54, 1.807) is 12.1 Å². The molecule has 11 nitrogen and oxygen atoms in total. The van der Waals surface area contributed by atoms with E-state index in [2.05, 4.69) is 20.6 Å². The Bertz CT molecular complexity index is 3280. The average molecular weight is 944 g/mol. The number of anilines is 1. The first-order valence-corrected chi connectivity index (χ1v) is 24.6. The summed E-state index contributed by atoms with van der Waals surface area (Å²) in [6, 6.07) is 26.3. The molecule has 5 aliphatic heterocycles. The maximum absolute atomic E-state index is 18.4. The molecule has 5 aliphatic rings. The smallest absolute Gasteiger partial charge is 0.461 e. The first-order valence-electron chi connectivity index (χ1n) is 24.6. The predicted molar refractivity (Wildman–Crippen MR) is 263 cm³/mol. The number of alkyl halides is 1. The maximum atomic E-state index is 18.4. The number of hydrogen-bond donors (Lipinski definition) is 0. The van der Waals surface area contributed by atoms with Gasteiger partial charge in [-0.3, -0.25) is 9.80 Å². The van der Waals surface area contributed by atoms with Gasteiger partial charge in [-0.2, -0.15) is 9.97 Å². The van der Waals surface area contributed by atoms with Gasteiger partial charge >= 0.3 is 11.8 Å². The number of rotatable bonds is 10. The molecule has 70 heavy (non-hydrogen) atoms. The van der Waals surface area contributed by atoms with Crippen molar-refractivity contribution >= 4 is 38.9 Å². The van der Waals surface area contributed by atoms with Crippen LogP contribution in [0.25, 0.3) is 32.9 Å². The molecule has 0 unspecified atom stereocenters. The highest BCUT2D eigenvalue weighted by Crippen LogP contribution is 2.47. The maximum Gasteiger partial charge on any atom is 0.519 e. The summed E-state index contributed by atoms with van der Waals surface area (Å²) in [6.45, 7) is 6.25. The fraction of sp³-hybridized carbons (Fsp3) is 0.375. The van der Waals surface area contributed by atoms with Crippen molar-refractivity contribution in [1.29, 1.82) is 0 Å². The number of aromatic nitrogens is 3. The molecular weight excluding hydrogens is 892 g/mol. The Hall–Kier alpha value is -6.82. The van der Waals surface area contributed by atoms with Crippen LogP contribution in [-0.4, -0.2) is 86.5 Å². The summed E-state index contributed by atoms with van der Waals surface area (Å²) in [5, 5.41) is 1.40. The second kappa shape index (κ2) is 17.5. The van der Waals surface area contributed by atoms with Crippen molar-refractivity contribution in [2.24, 2.45) is 4.99 Å². The fourth-order valence-corrected chi connectivity index (χ4v) is 12.4. The van der Waals surface area contributed by atoms with Gasteiger partial charge in [-0.15, -0.1) is 6.42 Å². The average Bonchev–Trinajstić information content (AvgIpc) is 4.10. The van der Waals surface area contributed by atoms with Crippen LogP contribution in [0.15, 0.2) is 104 Å². The number of aliphatic imine (C=N–C) groups is 1. The SMILES string of the molecule is C#Cc1c(F)ccc2cc(N=C(c3ccccc3)c3ccccc3)cc(-c3nc4c5c(nc(OC[C@@]67CCCN6C[C@H](F)C7)nc5c3F)N3C[C@H]5CC[C@@H]([C@H]3CCC4)N5Cc3oc(=O)oc3C(C)C)c12. The Labute approximate surface area is 403 Å².